The minimum Gasteiger partial charge on any atom is -0.467 e. The maximum Gasteiger partial charge on any atom is 0.418 e. The van der Waals surface area contributed by atoms with Crippen LogP contribution < -0.4 is 15.8 Å². The molecule has 1 N–H and O–H groups in total. The molecule has 1 aliphatic rings. The van der Waals surface area contributed by atoms with Crippen LogP contribution in [0.25, 0.3) is 22.0 Å². The van der Waals surface area contributed by atoms with Gasteiger partial charge >= 0.3 is 18.3 Å². The highest BCUT2D eigenvalue weighted by molar-refractivity contribution is 5.99. The lowest BCUT2D eigenvalue weighted by atomic mass is 9.92. The molecule has 0 unspecified atom stereocenters. The molecule has 1 saturated heterocycles. The third-order valence-electron chi connectivity index (χ3n) is 8.38. The molecule has 0 bridgehead atoms. The van der Waals surface area contributed by atoms with E-state index in [1.807, 2.05) is 0 Å². The van der Waals surface area contributed by atoms with Gasteiger partial charge in [-0.3, -0.25) is 14.6 Å². The number of fused-ring (bicyclic) bond motifs is 1. The number of morpholine rings is 1. The Labute approximate surface area is 278 Å². The number of carbonyl (C=O) groups is 2. The molecule has 1 aliphatic heterocycles. The Hall–Kier alpha value is -5.06. The van der Waals surface area contributed by atoms with E-state index >= 15 is 8.78 Å². The number of nitrogens with zero attached hydrogens (tertiary/aromatic N) is 3. The summed E-state index contributed by atoms with van der Waals surface area (Å²) in [7, 11) is 2.17. The van der Waals surface area contributed by atoms with Crippen LogP contribution >= 0.6 is 0 Å². The summed E-state index contributed by atoms with van der Waals surface area (Å²) in [6, 6.07) is 3.12. The molecule has 0 aliphatic carbocycles. The van der Waals surface area contributed by atoms with E-state index in [-0.39, 0.29) is 52.7 Å². The maximum absolute atomic E-state index is 15.2. The third-order valence-corrected chi connectivity index (χ3v) is 8.38. The number of ether oxygens (including phenoxy) is 2. The Morgan fingerprint density at radius 3 is 2.40 bits per heavy atom. The van der Waals surface area contributed by atoms with Crippen molar-refractivity contribution in [3.05, 3.63) is 93.0 Å². The second-order valence-corrected chi connectivity index (χ2v) is 11.5. The molecule has 0 radical (unpaired) electrons. The van der Waals surface area contributed by atoms with Gasteiger partial charge in [0.05, 0.1) is 37.0 Å². The van der Waals surface area contributed by atoms with Gasteiger partial charge in [-0.05, 0) is 36.2 Å². The predicted octanol–water partition coefficient (Wildman–Crippen LogP) is 5.49. The lowest BCUT2D eigenvalue weighted by molar-refractivity contribution is -0.167. The summed E-state index contributed by atoms with van der Waals surface area (Å²) < 4.78 is 123. The number of anilines is 1. The van der Waals surface area contributed by atoms with E-state index in [2.05, 4.69) is 10.3 Å². The zero-order chi connectivity index (χ0) is 36.7. The molecule has 1 fully saturated rings. The number of rotatable bonds is 7. The standard InChI is InChI=1S/C33H28F8N4O5/c1-16-21(32(36,37)38)14-44(2)30(47)26(16)20-7-6-17(19-5-4-8-42-28(19)20)11-24(31(48)49-3)43-29(46)27-22(34)12-18(13-23(27)35)45-9-10-50-15-25(45)33(39,40)41/h4-8,12-14,24-25H,9-11,15H2,1-3H3,(H,43,46)/t24-,25+/m0/s1. The molecule has 266 valence electrons. The first-order valence-corrected chi connectivity index (χ1v) is 14.9. The largest absolute Gasteiger partial charge is 0.467 e. The van der Waals surface area contributed by atoms with Crippen molar-refractivity contribution in [2.45, 2.75) is 37.8 Å². The van der Waals surface area contributed by atoms with Crippen molar-refractivity contribution in [1.29, 1.82) is 0 Å². The molecule has 17 heteroatoms. The summed E-state index contributed by atoms with van der Waals surface area (Å²) in [4.78, 5) is 44.1. The number of alkyl halides is 6. The molecule has 1 amide bonds. The monoisotopic (exact) mass is 712 g/mol. The SMILES string of the molecule is COC(=O)[C@H](Cc1ccc(-c2c(C)c(C(F)(F)F)cn(C)c2=O)c2ncccc12)NC(=O)c1c(F)cc(N2CCOC[C@@H]2C(F)(F)F)cc1F. The number of pyridine rings is 2. The zero-order valence-corrected chi connectivity index (χ0v) is 26.5. The van der Waals surface area contributed by atoms with Crippen molar-refractivity contribution >= 4 is 28.5 Å². The van der Waals surface area contributed by atoms with Crippen LogP contribution in [0.15, 0.2) is 53.6 Å². The van der Waals surface area contributed by atoms with Gasteiger partial charge in [0, 0.05) is 49.0 Å². The first-order valence-electron chi connectivity index (χ1n) is 14.9. The maximum atomic E-state index is 15.2. The number of amides is 1. The van der Waals surface area contributed by atoms with Gasteiger partial charge in [-0.1, -0.05) is 18.2 Å². The van der Waals surface area contributed by atoms with Gasteiger partial charge in [-0.25, -0.2) is 13.6 Å². The van der Waals surface area contributed by atoms with Crippen LogP contribution in [-0.4, -0.2) is 66.6 Å². The van der Waals surface area contributed by atoms with E-state index in [0.29, 0.717) is 23.2 Å². The minimum atomic E-state index is -4.78. The average molecular weight is 713 g/mol. The fourth-order valence-electron chi connectivity index (χ4n) is 5.95. The Balaban J connectivity index is 1.50. The van der Waals surface area contributed by atoms with Gasteiger partial charge in [0.15, 0.2) is 0 Å². The van der Waals surface area contributed by atoms with Gasteiger partial charge in [0.1, 0.15) is 29.3 Å². The first-order chi connectivity index (χ1) is 23.4. The minimum absolute atomic E-state index is 0.0597. The van der Waals surface area contributed by atoms with Gasteiger partial charge < -0.3 is 24.3 Å². The molecule has 3 heterocycles. The number of methoxy groups -OCH3 is 1. The average Bonchev–Trinajstić information content (AvgIpc) is 3.05. The highest BCUT2D eigenvalue weighted by Crippen LogP contribution is 2.37. The molecule has 5 rings (SSSR count). The number of benzene rings is 2. The van der Waals surface area contributed by atoms with Crippen molar-refractivity contribution in [2.24, 2.45) is 7.05 Å². The summed E-state index contributed by atoms with van der Waals surface area (Å²) in [5.41, 5.74) is -3.57. The molecule has 2 atom stereocenters. The van der Waals surface area contributed by atoms with Gasteiger partial charge in [0.2, 0.25) is 0 Å². The molecule has 0 spiro atoms. The normalized spacial score (nSPS) is 16.0. The highest BCUT2D eigenvalue weighted by atomic mass is 19.4. The number of carbonyl (C=O) groups excluding carboxylic acids is 2. The van der Waals surface area contributed by atoms with Crippen LogP contribution in [0.4, 0.5) is 40.8 Å². The number of halogens is 8. The number of hydrogen-bond donors (Lipinski definition) is 1. The summed E-state index contributed by atoms with van der Waals surface area (Å²) in [5, 5.41) is 2.48. The van der Waals surface area contributed by atoms with Gasteiger partial charge in [-0.2, -0.15) is 26.3 Å². The molecule has 2 aromatic heterocycles. The second kappa shape index (κ2) is 13.7. The molecule has 2 aromatic carbocycles. The van der Waals surface area contributed by atoms with Crippen molar-refractivity contribution in [1.82, 2.24) is 14.9 Å². The number of nitrogens with one attached hydrogen (secondary N) is 1. The summed E-state index contributed by atoms with van der Waals surface area (Å²) in [6.07, 6.45) is -7.90. The van der Waals surface area contributed by atoms with Crippen molar-refractivity contribution in [3.63, 3.8) is 0 Å². The molecule has 4 aromatic rings. The van der Waals surface area contributed by atoms with Gasteiger partial charge in [-0.15, -0.1) is 0 Å². The molecule has 9 nitrogen and oxygen atoms in total. The quantitative estimate of drug-likeness (QED) is 0.200. The smallest absolute Gasteiger partial charge is 0.418 e. The molecule has 50 heavy (non-hydrogen) atoms. The van der Waals surface area contributed by atoms with Crippen LogP contribution in [0.3, 0.4) is 0 Å². The van der Waals surface area contributed by atoms with Crippen LogP contribution in [-0.2, 0) is 33.9 Å². The molecule has 0 saturated carbocycles. The van der Waals surface area contributed by atoms with Crippen molar-refractivity contribution in [2.75, 3.05) is 31.8 Å². The van der Waals surface area contributed by atoms with E-state index in [4.69, 9.17) is 9.47 Å². The van der Waals surface area contributed by atoms with E-state index in [1.54, 1.807) is 0 Å². The molecular formula is C33H28F8N4O5. The predicted molar refractivity (Wildman–Crippen MR) is 163 cm³/mol. The van der Waals surface area contributed by atoms with Crippen LogP contribution in [0.1, 0.15) is 27.0 Å². The summed E-state index contributed by atoms with van der Waals surface area (Å²) in [5.74, 6) is -5.45. The molecular weight excluding hydrogens is 684 g/mol. The number of aryl methyl sites for hydroxylation is 1. The van der Waals surface area contributed by atoms with Crippen LogP contribution in [0.5, 0.6) is 0 Å². The Bertz CT molecular complexity index is 2010. The Morgan fingerprint density at radius 2 is 1.78 bits per heavy atom. The fourth-order valence-corrected chi connectivity index (χ4v) is 5.95. The summed E-state index contributed by atoms with van der Waals surface area (Å²) in [6.45, 7) is -0.0780. The topological polar surface area (TPSA) is 103 Å². The fraction of sp³-hybridized carbons (Fsp3) is 0.333. The lowest BCUT2D eigenvalue weighted by Gasteiger charge is -2.38. The van der Waals surface area contributed by atoms with Crippen molar-refractivity contribution in [3.8, 4) is 11.1 Å². The van der Waals surface area contributed by atoms with Crippen LogP contribution in [0.2, 0.25) is 0 Å². The van der Waals surface area contributed by atoms with Crippen LogP contribution in [0, 0.1) is 18.6 Å². The second-order valence-electron chi connectivity index (χ2n) is 11.5. The lowest BCUT2D eigenvalue weighted by Crippen LogP contribution is -2.53. The number of aromatic nitrogens is 2. The Morgan fingerprint density at radius 1 is 1.10 bits per heavy atom. The number of esters is 1. The van der Waals surface area contributed by atoms with E-state index in [0.717, 1.165) is 18.6 Å². The van der Waals surface area contributed by atoms with Gasteiger partial charge in [0.25, 0.3) is 11.5 Å². The highest BCUT2D eigenvalue weighted by Gasteiger charge is 2.46. The van der Waals surface area contributed by atoms with Crippen molar-refractivity contribution < 1.29 is 54.2 Å². The zero-order valence-electron chi connectivity index (χ0n) is 26.5. The summed E-state index contributed by atoms with van der Waals surface area (Å²) >= 11 is 0. The first kappa shape index (κ1) is 36.2. The van der Waals surface area contributed by atoms with E-state index in [9.17, 15) is 40.7 Å². The third kappa shape index (κ3) is 6.99. The number of hydrogen-bond acceptors (Lipinski definition) is 7. The van der Waals surface area contributed by atoms with E-state index in [1.165, 1.54) is 37.5 Å². The Kier molecular flexibility index (Phi) is 9.92. The van der Waals surface area contributed by atoms with E-state index < -0.39 is 76.9 Å².